The molecule has 0 spiro atoms. The van der Waals surface area contributed by atoms with E-state index < -0.39 is 11.7 Å². The van der Waals surface area contributed by atoms with Gasteiger partial charge in [0.25, 0.3) is 0 Å². The lowest BCUT2D eigenvalue weighted by atomic mass is 10.2. The van der Waals surface area contributed by atoms with Crippen molar-refractivity contribution in [2.24, 2.45) is 0 Å². The number of alkyl halides is 3. The van der Waals surface area contributed by atoms with Crippen LogP contribution in [0.15, 0.2) is 35.2 Å². The topological polar surface area (TPSA) is 38.2 Å². The monoisotopic (exact) mass is 389 g/mol. The van der Waals surface area contributed by atoms with Crippen molar-refractivity contribution in [2.45, 2.75) is 16.8 Å². The third-order valence-corrected chi connectivity index (χ3v) is 4.92. The van der Waals surface area contributed by atoms with Crippen LogP contribution in [0.3, 0.4) is 0 Å². The van der Waals surface area contributed by atoms with Gasteiger partial charge in [0.05, 0.1) is 24.5 Å². The molecule has 9 heteroatoms. The number of hydrogen-bond acceptors (Lipinski definition) is 5. The van der Waals surface area contributed by atoms with E-state index in [1.807, 2.05) is 4.90 Å². The Morgan fingerprint density at radius 2 is 1.88 bits per heavy atom. The maximum absolute atomic E-state index is 13.1. The summed E-state index contributed by atoms with van der Waals surface area (Å²) < 4.78 is 44.5. The molecule has 1 aromatic heterocycles. The summed E-state index contributed by atoms with van der Waals surface area (Å²) >= 11 is 7.06. The minimum Gasteiger partial charge on any atom is -0.378 e. The maximum Gasteiger partial charge on any atom is 0.417 e. The fraction of sp³-hybridized carbons (Fsp3) is 0.375. The Morgan fingerprint density at radius 1 is 1.16 bits per heavy atom. The third-order valence-electron chi connectivity index (χ3n) is 3.64. The molecule has 0 N–H and O–H groups in total. The second-order valence-electron chi connectivity index (χ2n) is 5.37. The van der Waals surface area contributed by atoms with Crippen LogP contribution in [-0.2, 0) is 16.7 Å². The zero-order valence-corrected chi connectivity index (χ0v) is 14.7. The quantitative estimate of drug-likeness (QED) is 0.576. The highest BCUT2D eigenvalue weighted by Gasteiger charge is 2.33. The summed E-state index contributed by atoms with van der Waals surface area (Å²) in [7, 11) is 0. The van der Waals surface area contributed by atoms with Gasteiger partial charge in [0, 0.05) is 29.8 Å². The molecule has 25 heavy (non-hydrogen) atoms. The van der Waals surface area contributed by atoms with Gasteiger partial charge >= 0.3 is 6.18 Å². The molecule has 2 aromatic rings. The second-order valence-corrected chi connectivity index (χ2v) is 6.72. The van der Waals surface area contributed by atoms with Gasteiger partial charge in [0.1, 0.15) is 5.82 Å². The summed E-state index contributed by atoms with van der Waals surface area (Å²) in [6.07, 6.45) is -4.38. The molecule has 3 rings (SSSR count). The van der Waals surface area contributed by atoms with Crippen molar-refractivity contribution in [3.63, 3.8) is 0 Å². The van der Waals surface area contributed by atoms with Crippen molar-refractivity contribution in [3.8, 4) is 0 Å². The lowest BCUT2D eigenvalue weighted by molar-refractivity contribution is -0.139. The highest BCUT2D eigenvalue weighted by molar-refractivity contribution is 7.98. The summed E-state index contributed by atoms with van der Waals surface area (Å²) in [6, 6.07) is 7.27. The predicted octanol–water partition coefficient (Wildman–Crippen LogP) is 4.28. The average Bonchev–Trinajstić information content (AvgIpc) is 2.60. The highest BCUT2D eigenvalue weighted by atomic mass is 35.5. The van der Waals surface area contributed by atoms with Gasteiger partial charge in [-0.3, -0.25) is 0 Å². The fourth-order valence-corrected chi connectivity index (χ4v) is 3.62. The minimum absolute atomic E-state index is 0.0868. The molecule has 1 fully saturated rings. The number of hydrogen-bond donors (Lipinski definition) is 0. The Bertz CT molecular complexity index is 739. The van der Waals surface area contributed by atoms with Gasteiger partial charge < -0.3 is 9.64 Å². The molecule has 0 amide bonds. The van der Waals surface area contributed by atoms with Crippen LogP contribution in [0, 0.1) is 0 Å². The number of aromatic nitrogens is 2. The van der Waals surface area contributed by atoms with Crippen molar-refractivity contribution in [2.75, 3.05) is 31.2 Å². The number of ether oxygens (including phenoxy) is 1. The van der Waals surface area contributed by atoms with Gasteiger partial charge in [-0.05, 0) is 23.7 Å². The minimum atomic E-state index is -4.38. The molecule has 0 unspecified atom stereocenters. The van der Waals surface area contributed by atoms with E-state index in [0.717, 1.165) is 17.8 Å². The molecule has 0 aliphatic carbocycles. The molecule has 0 saturated carbocycles. The van der Waals surface area contributed by atoms with Gasteiger partial charge in [-0.2, -0.15) is 13.2 Å². The smallest absolute Gasteiger partial charge is 0.378 e. The molecule has 0 radical (unpaired) electrons. The van der Waals surface area contributed by atoms with Crippen LogP contribution in [-0.4, -0.2) is 36.3 Å². The Hall–Kier alpha value is -1.51. The first-order valence-corrected chi connectivity index (χ1v) is 8.95. The number of morpholine rings is 1. The summed E-state index contributed by atoms with van der Waals surface area (Å²) in [5, 5.41) is 0.0868. The molecule has 4 nitrogen and oxygen atoms in total. The van der Waals surface area contributed by atoms with Crippen molar-refractivity contribution in [1.29, 1.82) is 0 Å². The van der Waals surface area contributed by atoms with Crippen LogP contribution >= 0.6 is 23.4 Å². The largest absolute Gasteiger partial charge is 0.417 e. The lowest BCUT2D eigenvalue weighted by Gasteiger charge is -2.28. The van der Waals surface area contributed by atoms with Gasteiger partial charge in [0.15, 0.2) is 0 Å². The molecular formula is C16H15ClF3N3OS. The predicted molar refractivity (Wildman–Crippen MR) is 91.1 cm³/mol. The lowest BCUT2D eigenvalue weighted by Crippen LogP contribution is -2.36. The molecule has 2 heterocycles. The molecule has 1 aliphatic rings. The number of nitrogens with zero attached hydrogens (tertiary/aromatic N) is 3. The summed E-state index contributed by atoms with van der Waals surface area (Å²) in [4.78, 5) is 10.5. The van der Waals surface area contributed by atoms with E-state index in [1.165, 1.54) is 12.1 Å². The summed E-state index contributed by atoms with van der Waals surface area (Å²) in [5.74, 6) is 0.940. The molecule has 0 bridgehead atoms. The zero-order valence-electron chi connectivity index (χ0n) is 13.1. The third kappa shape index (κ3) is 4.77. The number of benzene rings is 1. The standard InChI is InChI=1S/C16H15ClF3N3OS/c17-15-21-11(9-14(22-15)23-5-7-24-8-6-23)10-25-13-4-2-1-3-12(13)16(18,19)20/h1-4,9H,5-8,10H2. The van der Waals surface area contributed by atoms with Gasteiger partial charge in [-0.1, -0.05) is 12.1 Å². The number of thioether (sulfide) groups is 1. The molecule has 0 atom stereocenters. The van der Waals surface area contributed by atoms with Crippen LogP contribution in [0.25, 0.3) is 0 Å². The Morgan fingerprint density at radius 3 is 2.60 bits per heavy atom. The molecule has 134 valence electrons. The first kappa shape index (κ1) is 18.3. The van der Waals surface area contributed by atoms with Crippen molar-refractivity contribution >= 4 is 29.2 Å². The number of anilines is 1. The summed E-state index contributed by atoms with van der Waals surface area (Å²) in [6.45, 7) is 2.59. The summed E-state index contributed by atoms with van der Waals surface area (Å²) in [5.41, 5.74) is -0.0583. The van der Waals surface area contributed by atoms with E-state index in [0.29, 0.717) is 37.8 Å². The van der Waals surface area contributed by atoms with Crippen molar-refractivity contribution in [1.82, 2.24) is 9.97 Å². The Kier molecular flexibility index (Phi) is 5.71. The first-order chi connectivity index (χ1) is 11.9. The van der Waals surface area contributed by atoms with Crippen LogP contribution in [0.1, 0.15) is 11.3 Å². The molecular weight excluding hydrogens is 375 g/mol. The number of rotatable bonds is 4. The Labute approximate surface area is 152 Å². The highest BCUT2D eigenvalue weighted by Crippen LogP contribution is 2.37. The molecule has 1 aliphatic heterocycles. The van der Waals surface area contributed by atoms with Crippen LogP contribution in [0.2, 0.25) is 5.28 Å². The normalized spacial score (nSPS) is 15.4. The fourth-order valence-electron chi connectivity index (χ4n) is 2.46. The van der Waals surface area contributed by atoms with E-state index in [-0.39, 0.29) is 15.9 Å². The Balaban J connectivity index is 1.77. The molecule has 1 saturated heterocycles. The average molecular weight is 390 g/mol. The molecule has 1 aromatic carbocycles. The van der Waals surface area contributed by atoms with Crippen LogP contribution in [0.4, 0.5) is 19.0 Å². The van der Waals surface area contributed by atoms with Gasteiger partial charge in [-0.15, -0.1) is 11.8 Å². The zero-order chi connectivity index (χ0) is 17.9. The maximum atomic E-state index is 13.1. The second kappa shape index (κ2) is 7.80. The first-order valence-electron chi connectivity index (χ1n) is 7.58. The van der Waals surface area contributed by atoms with E-state index in [9.17, 15) is 13.2 Å². The van der Waals surface area contributed by atoms with Gasteiger partial charge in [0.2, 0.25) is 5.28 Å². The van der Waals surface area contributed by atoms with E-state index >= 15 is 0 Å². The van der Waals surface area contributed by atoms with Crippen LogP contribution < -0.4 is 4.90 Å². The number of halogens is 4. The van der Waals surface area contributed by atoms with E-state index in [1.54, 1.807) is 12.1 Å². The SMILES string of the molecule is FC(F)(F)c1ccccc1SCc1cc(N2CCOCC2)nc(Cl)n1. The van der Waals surface area contributed by atoms with Crippen LogP contribution in [0.5, 0.6) is 0 Å². The van der Waals surface area contributed by atoms with E-state index in [4.69, 9.17) is 16.3 Å². The van der Waals surface area contributed by atoms with Crippen molar-refractivity contribution in [3.05, 3.63) is 46.9 Å². The van der Waals surface area contributed by atoms with Crippen molar-refractivity contribution < 1.29 is 17.9 Å². The van der Waals surface area contributed by atoms with Gasteiger partial charge in [-0.25, -0.2) is 9.97 Å². The van der Waals surface area contributed by atoms with E-state index in [2.05, 4.69) is 9.97 Å².